The predicted octanol–water partition coefficient (Wildman–Crippen LogP) is 5.71. The number of carbonyl (C=O) groups excluding carboxylic acids is 1. The normalized spacial score (nSPS) is 11.4. The van der Waals surface area contributed by atoms with Crippen LogP contribution in [0.25, 0.3) is 11.3 Å². The maximum Gasteiger partial charge on any atom is 0.349 e. The van der Waals surface area contributed by atoms with Crippen molar-refractivity contribution in [3.8, 4) is 17.0 Å². The molecule has 2 aromatic carbocycles. The predicted molar refractivity (Wildman–Crippen MR) is 133 cm³/mol. The first-order valence-electron chi connectivity index (χ1n) is 11.0. The number of halogens is 1. The topological polar surface area (TPSA) is 56.6 Å². The molecule has 0 spiro atoms. The van der Waals surface area contributed by atoms with Crippen LogP contribution in [0.4, 0.5) is 5.82 Å². The molecule has 0 saturated carbocycles. The zero-order chi connectivity index (χ0) is 24.3. The highest BCUT2D eigenvalue weighted by Gasteiger charge is 2.32. The Morgan fingerprint density at radius 1 is 1.12 bits per heavy atom. The van der Waals surface area contributed by atoms with Crippen molar-refractivity contribution in [1.82, 2.24) is 9.78 Å². The van der Waals surface area contributed by atoms with E-state index >= 15 is 0 Å². The van der Waals surface area contributed by atoms with Crippen LogP contribution < -0.4 is 9.64 Å². The third-order valence-electron chi connectivity index (χ3n) is 5.45. The lowest BCUT2D eigenvalue weighted by atomic mass is 10.0. The standard InChI is InChI=1S/C26H32ClN3O3/c1-8-32-25(31)26(4,5)33-24-17(2)13-19(14-18(24)3)16-29(6)23-15-22(28-30(23)7)20-9-11-21(27)12-10-20/h9-15H,8,16H2,1-7H3. The van der Waals surface area contributed by atoms with E-state index in [4.69, 9.17) is 21.1 Å². The molecule has 0 radical (unpaired) electrons. The highest BCUT2D eigenvalue weighted by Crippen LogP contribution is 2.31. The monoisotopic (exact) mass is 469 g/mol. The van der Waals surface area contributed by atoms with Crippen molar-refractivity contribution >= 4 is 23.4 Å². The molecule has 0 amide bonds. The van der Waals surface area contributed by atoms with Gasteiger partial charge in [0.1, 0.15) is 11.6 Å². The SMILES string of the molecule is CCOC(=O)C(C)(C)Oc1c(C)cc(CN(C)c2cc(-c3ccc(Cl)cc3)nn2C)cc1C. The Hall–Kier alpha value is -2.99. The summed E-state index contributed by atoms with van der Waals surface area (Å²) in [5, 5.41) is 5.37. The molecule has 0 bridgehead atoms. The van der Waals surface area contributed by atoms with Crippen molar-refractivity contribution in [1.29, 1.82) is 0 Å². The quantitative estimate of drug-likeness (QED) is 0.395. The van der Waals surface area contributed by atoms with Gasteiger partial charge in [0.25, 0.3) is 0 Å². The summed E-state index contributed by atoms with van der Waals surface area (Å²) in [7, 11) is 3.98. The summed E-state index contributed by atoms with van der Waals surface area (Å²) in [4.78, 5) is 14.4. The Balaban J connectivity index is 1.79. The van der Waals surface area contributed by atoms with Crippen LogP contribution in [0.3, 0.4) is 0 Å². The number of hydrogen-bond donors (Lipinski definition) is 0. The molecule has 33 heavy (non-hydrogen) atoms. The lowest BCUT2D eigenvalue weighted by Crippen LogP contribution is -2.40. The Morgan fingerprint density at radius 2 is 1.73 bits per heavy atom. The summed E-state index contributed by atoms with van der Waals surface area (Å²) in [5.41, 5.74) is 3.95. The van der Waals surface area contributed by atoms with Crippen LogP contribution in [0.1, 0.15) is 37.5 Å². The van der Waals surface area contributed by atoms with Crippen molar-refractivity contribution in [2.24, 2.45) is 7.05 Å². The zero-order valence-electron chi connectivity index (χ0n) is 20.4. The number of benzene rings is 2. The minimum Gasteiger partial charge on any atom is -0.476 e. The zero-order valence-corrected chi connectivity index (χ0v) is 21.2. The Labute approximate surface area is 201 Å². The van der Waals surface area contributed by atoms with Crippen LogP contribution in [0.15, 0.2) is 42.5 Å². The highest BCUT2D eigenvalue weighted by molar-refractivity contribution is 6.30. The van der Waals surface area contributed by atoms with Crippen LogP contribution in [0.2, 0.25) is 5.02 Å². The van der Waals surface area contributed by atoms with E-state index in [1.54, 1.807) is 20.8 Å². The molecule has 176 valence electrons. The van der Waals surface area contributed by atoms with Crippen LogP contribution in [0, 0.1) is 13.8 Å². The Kier molecular flexibility index (Phi) is 7.38. The van der Waals surface area contributed by atoms with Gasteiger partial charge in [-0.1, -0.05) is 35.9 Å². The number of aryl methyl sites for hydroxylation is 3. The molecule has 0 aliphatic rings. The van der Waals surface area contributed by atoms with Gasteiger partial charge in [0.05, 0.1) is 12.3 Å². The minimum atomic E-state index is -1.06. The molecule has 0 N–H and O–H groups in total. The average Bonchev–Trinajstić information content (AvgIpc) is 3.13. The summed E-state index contributed by atoms with van der Waals surface area (Å²) in [6, 6.07) is 13.9. The fourth-order valence-electron chi connectivity index (χ4n) is 3.83. The number of nitrogens with zero attached hydrogens (tertiary/aromatic N) is 3. The molecule has 0 atom stereocenters. The van der Waals surface area contributed by atoms with Gasteiger partial charge in [0, 0.05) is 37.3 Å². The molecular weight excluding hydrogens is 438 g/mol. The maximum absolute atomic E-state index is 12.2. The van der Waals surface area contributed by atoms with Gasteiger partial charge in [-0.3, -0.25) is 4.68 Å². The lowest BCUT2D eigenvalue weighted by molar-refractivity contribution is -0.158. The van der Waals surface area contributed by atoms with Crippen LogP contribution >= 0.6 is 11.6 Å². The van der Waals surface area contributed by atoms with Gasteiger partial charge in [0.2, 0.25) is 0 Å². The molecule has 0 unspecified atom stereocenters. The van der Waals surface area contributed by atoms with Crippen LogP contribution in [-0.4, -0.2) is 35.0 Å². The van der Waals surface area contributed by atoms with Gasteiger partial charge >= 0.3 is 5.97 Å². The largest absolute Gasteiger partial charge is 0.476 e. The van der Waals surface area contributed by atoms with Gasteiger partial charge in [-0.15, -0.1) is 0 Å². The van der Waals surface area contributed by atoms with E-state index in [-0.39, 0.29) is 5.97 Å². The molecule has 0 fully saturated rings. The fraction of sp³-hybridized carbons (Fsp3) is 0.385. The second kappa shape index (κ2) is 9.87. The van der Waals surface area contributed by atoms with E-state index < -0.39 is 5.60 Å². The average molecular weight is 470 g/mol. The molecule has 3 rings (SSSR count). The summed E-state index contributed by atoms with van der Waals surface area (Å²) in [6.45, 7) is 10.3. The lowest BCUT2D eigenvalue weighted by Gasteiger charge is -2.27. The number of esters is 1. The van der Waals surface area contributed by atoms with Crippen molar-refractivity contribution in [3.63, 3.8) is 0 Å². The number of anilines is 1. The van der Waals surface area contributed by atoms with Crippen LogP contribution in [0.5, 0.6) is 5.75 Å². The first-order valence-corrected chi connectivity index (χ1v) is 11.4. The van der Waals surface area contributed by atoms with Gasteiger partial charge in [-0.05, 0) is 63.4 Å². The second-order valence-electron chi connectivity index (χ2n) is 8.77. The smallest absolute Gasteiger partial charge is 0.349 e. The molecule has 0 aliphatic carbocycles. The minimum absolute atomic E-state index is 0.322. The number of rotatable bonds is 8. The van der Waals surface area contributed by atoms with E-state index in [1.807, 2.05) is 56.9 Å². The van der Waals surface area contributed by atoms with Crippen molar-refractivity contribution in [2.75, 3.05) is 18.6 Å². The summed E-state index contributed by atoms with van der Waals surface area (Å²) < 4.78 is 13.1. The molecule has 1 heterocycles. The van der Waals surface area contributed by atoms with E-state index in [0.717, 1.165) is 33.8 Å². The first-order chi connectivity index (χ1) is 15.5. The molecule has 1 aromatic heterocycles. The summed E-state index contributed by atoms with van der Waals surface area (Å²) in [6.07, 6.45) is 0. The Bertz CT molecular complexity index is 1110. The van der Waals surface area contributed by atoms with Crippen LogP contribution in [-0.2, 0) is 23.1 Å². The Morgan fingerprint density at radius 3 is 2.30 bits per heavy atom. The molecule has 7 heteroatoms. The van der Waals surface area contributed by atoms with Gasteiger partial charge in [-0.25, -0.2) is 4.79 Å². The third-order valence-corrected chi connectivity index (χ3v) is 5.70. The molecule has 0 aliphatic heterocycles. The van der Waals surface area contributed by atoms with E-state index in [2.05, 4.69) is 28.2 Å². The third kappa shape index (κ3) is 5.69. The van der Waals surface area contributed by atoms with Crippen molar-refractivity contribution in [3.05, 3.63) is 64.2 Å². The van der Waals surface area contributed by atoms with Gasteiger partial charge in [0.15, 0.2) is 5.60 Å². The number of hydrogen-bond acceptors (Lipinski definition) is 5. The van der Waals surface area contributed by atoms with Crippen molar-refractivity contribution in [2.45, 2.75) is 46.8 Å². The number of aromatic nitrogens is 2. The first kappa shape index (κ1) is 24.6. The molecule has 0 saturated heterocycles. The highest BCUT2D eigenvalue weighted by atomic mass is 35.5. The molecule has 6 nitrogen and oxygen atoms in total. The summed E-state index contributed by atoms with van der Waals surface area (Å²) >= 11 is 6.01. The van der Waals surface area contributed by atoms with Gasteiger partial charge < -0.3 is 14.4 Å². The summed E-state index contributed by atoms with van der Waals surface area (Å²) in [5.74, 6) is 1.34. The number of carbonyl (C=O) groups is 1. The van der Waals surface area contributed by atoms with Gasteiger partial charge in [-0.2, -0.15) is 5.10 Å². The van der Waals surface area contributed by atoms with Crippen molar-refractivity contribution < 1.29 is 14.3 Å². The maximum atomic E-state index is 12.2. The van der Waals surface area contributed by atoms with E-state index in [1.165, 1.54) is 0 Å². The fourth-order valence-corrected chi connectivity index (χ4v) is 3.95. The van der Waals surface area contributed by atoms with E-state index in [0.29, 0.717) is 23.9 Å². The molecule has 3 aromatic rings. The number of ether oxygens (including phenoxy) is 2. The van der Waals surface area contributed by atoms with E-state index in [9.17, 15) is 4.79 Å². The molecular formula is C26H32ClN3O3. The second-order valence-corrected chi connectivity index (χ2v) is 9.20.